The summed E-state index contributed by atoms with van der Waals surface area (Å²) >= 11 is 4.33. The van der Waals surface area contributed by atoms with Gasteiger partial charge in [-0.3, -0.25) is 4.79 Å². The van der Waals surface area contributed by atoms with E-state index >= 15 is 0 Å². The number of alkyl carbamates (subject to hydrolysis) is 1. The van der Waals surface area contributed by atoms with Crippen molar-refractivity contribution >= 4 is 36.0 Å². The summed E-state index contributed by atoms with van der Waals surface area (Å²) in [7, 11) is 0. The molecule has 5 N–H and O–H groups in total. The van der Waals surface area contributed by atoms with Crippen LogP contribution in [0.1, 0.15) is 34.0 Å². The van der Waals surface area contributed by atoms with Crippen molar-refractivity contribution in [1.29, 1.82) is 0 Å². The lowest BCUT2D eigenvalue weighted by Crippen LogP contribution is -2.26. The lowest BCUT2D eigenvalue weighted by atomic mass is 10.0. The molecule has 0 fully saturated rings. The summed E-state index contributed by atoms with van der Waals surface area (Å²) < 4.78 is 5.49. The lowest BCUT2D eigenvalue weighted by Gasteiger charge is -2.18. The zero-order valence-corrected chi connectivity index (χ0v) is 18.2. The van der Waals surface area contributed by atoms with Gasteiger partial charge in [0.25, 0.3) is 5.91 Å². The largest absolute Gasteiger partial charge is 0.441 e. The summed E-state index contributed by atoms with van der Waals surface area (Å²) in [6, 6.07) is 21.0. The number of para-hydroxylation sites is 1. The number of thiol groups is 1. The maximum Gasteiger partial charge on any atom is 0.408 e. The molecule has 0 spiro atoms. The van der Waals surface area contributed by atoms with Crippen molar-refractivity contribution in [2.75, 3.05) is 17.7 Å². The first-order chi connectivity index (χ1) is 15.5. The number of rotatable bonds is 8. The number of nitrogen functional groups attached to an aromatic ring is 1. The summed E-state index contributed by atoms with van der Waals surface area (Å²) in [5.41, 5.74) is 8.92. The first-order valence-corrected chi connectivity index (χ1v) is 10.5. The number of nitrogens with two attached hydrogens (primary N) is 1. The van der Waals surface area contributed by atoms with Crippen molar-refractivity contribution in [1.82, 2.24) is 5.32 Å². The average molecular weight is 452 g/mol. The molecule has 3 aromatic carbocycles. The van der Waals surface area contributed by atoms with Gasteiger partial charge >= 0.3 is 6.09 Å². The van der Waals surface area contributed by atoms with Gasteiger partial charge in [0.15, 0.2) is 0 Å². The van der Waals surface area contributed by atoms with Crippen LogP contribution in [-0.2, 0) is 11.3 Å². The summed E-state index contributed by atoms with van der Waals surface area (Å²) in [4.78, 5) is 25.4. The molecule has 3 rings (SSSR count). The topological polar surface area (TPSA) is 114 Å². The third kappa shape index (κ3) is 6.50. The van der Waals surface area contributed by atoms with Gasteiger partial charge in [-0.05, 0) is 47.5 Å². The molecule has 0 saturated carbocycles. The monoisotopic (exact) mass is 451 g/mol. The molecule has 0 aromatic heterocycles. The maximum atomic E-state index is 12.5. The van der Waals surface area contributed by atoms with Crippen molar-refractivity contribution in [3.63, 3.8) is 0 Å². The number of aliphatic hydroxyl groups excluding tert-OH is 1. The van der Waals surface area contributed by atoms with Crippen LogP contribution in [0.5, 0.6) is 0 Å². The second-order valence-corrected chi connectivity index (χ2v) is 7.58. The van der Waals surface area contributed by atoms with Crippen molar-refractivity contribution in [3.05, 3.63) is 89.5 Å². The minimum atomic E-state index is -0.651. The fourth-order valence-electron chi connectivity index (χ4n) is 3.01. The number of hydrogen-bond acceptors (Lipinski definition) is 6. The number of carbonyl (C=O) groups excluding carboxylic acids is 2. The third-order valence-electron chi connectivity index (χ3n) is 4.75. The van der Waals surface area contributed by atoms with Crippen LogP contribution in [0.2, 0.25) is 0 Å². The number of ether oxygens (including phenoxy) is 1. The van der Waals surface area contributed by atoms with E-state index in [2.05, 4.69) is 23.3 Å². The summed E-state index contributed by atoms with van der Waals surface area (Å²) in [6.45, 7) is 0.132. The summed E-state index contributed by atoms with van der Waals surface area (Å²) in [5.74, 6) is -0.279. The zero-order valence-electron chi connectivity index (χ0n) is 17.3. The highest BCUT2D eigenvalue weighted by Crippen LogP contribution is 2.23. The standard InChI is InChI=1S/C24H25N3O4S/c25-19-11-5-16(6-12-19)15-26-24(30)31-21(13-14-28)17-7-9-18(10-8-17)23(29)27-20-3-1-2-4-22(20)32/h1-12,21,28,32H,13-15,25H2,(H,26,30)(H,27,29)/t21-/m1/s1. The van der Waals surface area contributed by atoms with Gasteiger partial charge in [0.2, 0.25) is 0 Å². The number of carbonyl (C=O) groups is 2. The number of hydrogen-bond donors (Lipinski definition) is 5. The molecule has 0 saturated heterocycles. The molecule has 2 amide bonds. The Morgan fingerprint density at radius 2 is 1.69 bits per heavy atom. The Balaban J connectivity index is 1.60. The zero-order chi connectivity index (χ0) is 22.9. The van der Waals surface area contributed by atoms with Crippen LogP contribution in [-0.4, -0.2) is 23.7 Å². The molecule has 7 nitrogen and oxygen atoms in total. The fraction of sp³-hybridized carbons (Fsp3) is 0.167. The summed E-state index contributed by atoms with van der Waals surface area (Å²) in [5, 5.41) is 14.9. The molecule has 0 unspecified atom stereocenters. The van der Waals surface area contributed by atoms with E-state index < -0.39 is 12.2 Å². The second-order valence-electron chi connectivity index (χ2n) is 7.09. The van der Waals surface area contributed by atoms with E-state index in [4.69, 9.17) is 10.5 Å². The van der Waals surface area contributed by atoms with E-state index in [1.165, 1.54) is 0 Å². The maximum absolute atomic E-state index is 12.5. The Hall–Kier alpha value is -3.49. The van der Waals surface area contributed by atoms with Gasteiger partial charge in [-0.1, -0.05) is 36.4 Å². The molecule has 0 aliphatic heterocycles. The third-order valence-corrected chi connectivity index (χ3v) is 5.14. The Labute approximate surface area is 192 Å². The van der Waals surface area contributed by atoms with Crippen LogP contribution in [0, 0.1) is 0 Å². The number of amides is 2. The Morgan fingerprint density at radius 1 is 1.00 bits per heavy atom. The van der Waals surface area contributed by atoms with Crippen molar-refractivity contribution in [3.8, 4) is 0 Å². The molecule has 0 aliphatic carbocycles. The Kier molecular flexibility index (Phi) is 8.13. The molecule has 166 valence electrons. The van der Waals surface area contributed by atoms with E-state index in [9.17, 15) is 14.7 Å². The summed E-state index contributed by atoms with van der Waals surface area (Å²) in [6.07, 6.45) is -1.03. The number of aliphatic hydroxyl groups is 1. The SMILES string of the molecule is Nc1ccc(CNC(=O)O[C@H](CCO)c2ccc(C(=O)Nc3ccccc3S)cc2)cc1. The van der Waals surface area contributed by atoms with Gasteiger partial charge in [0, 0.05) is 35.7 Å². The van der Waals surface area contributed by atoms with Crippen molar-refractivity contribution in [2.24, 2.45) is 0 Å². The number of benzene rings is 3. The van der Waals surface area contributed by atoms with Crippen molar-refractivity contribution in [2.45, 2.75) is 24.0 Å². The highest BCUT2D eigenvalue weighted by Gasteiger charge is 2.17. The Bertz CT molecular complexity index is 1060. The minimum absolute atomic E-state index is 0.156. The predicted octanol–water partition coefficient (Wildman–Crippen LogP) is 4.16. The number of anilines is 2. The van der Waals surface area contributed by atoms with Crippen LogP contribution in [0.25, 0.3) is 0 Å². The van der Waals surface area contributed by atoms with E-state index in [1.807, 2.05) is 24.3 Å². The lowest BCUT2D eigenvalue weighted by molar-refractivity contribution is 0.0797. The molecule has 0 heterocycles. The van der Waals surface area contributed by atoms with Crippen LogP contribution in [0.3, 0.4) is 0 Å². The van der Waals surface area contributed by atoms with E-state index in [1.54, 1.807) is 48.5 Å². The minimum Gasteiger partial charge on any atom is -0.441 e. The molecular formula is C24H25N3O4S. The molecule has 0 aliphatic rings. The van der Waals surface area contributed by atoms with Crippen molar-refractivity contribution < 1.29 is 19.4 Å². The van der Waals surface area contributed by atoms with Gasteiger partial charge in [-0.15, -0.1) is 12.6 Å². The highest BCUT2D eigenvalue weighted by atomic mass is 32.1. The first kappa shape index (κ1) is 23.2. The van der Waals surface area contributed by atoms with Gasteiger partial charge in [-0.2, -0.15) is 0 Å². The van der Waals surface area contributed by atoms with E-state index in [0.29, 0.717) is 27.4 Å². The highest BCUT2D eigenvalue weighted by molar-refractivity contribution is 7.80. The predicted molar refractivity (Wildman–Crippen MR) is 127 cm³/mol. The molecular weight excluding hydrogens is 426 g/mol. The van der Waals surface area contributed by atoms with Gasteiger partial charge in [-0.25, -0.2) is 4.79 Å². The molecule has 32 heavy (non-hydrogen) atoms. The fourth-order valence-corrected chi connectivity index (χ4v) is 3.23. The number of nitrogens with one attached hydrogen (secondary N) is 2. The van der Waals surface area contributed by atoms with Crippen LogP contribution >= 0.6 is 12.6 Å². The molecule has 8 heteroatoms. The second kappa shape index (κ2) is 11.2. The van der Waals surface area contributed by atoms with E-state index in [-0.39, 0.29) is 25.5 Å². The molecule has 3 aromatic rings. The average Bonchev–Trinajstić information content (AvgIpc) is 2.80. The first-order valence-electron chi connectivity index (χ1n) is 10.1. The smallest absolute Gasteiger partial charge is 0.408 e. The molecule has 0 bridgehead atoms. The molecule has 0 radical (unpaired) electrons. The van der Waals surface area contributed by atoms with E-state index in [0.717, 1.165) is 5.56 Å². The van der Waals surface area contributed by atoms with Crippen LogP contribution in [0.15, 0.2) is 77.7 Å². The van der Waals surface area contributed by atoms with Gasteiger partial charge < -0.3 is 26.2 Å². The van der Waals surface area contributed by atoms with Crippen LogP contribution in [0.4, 0.5) is 16.2 Å². The van der Waals surface area contributed by atoms with Gasteiger partial charge in [0.05, 0.1) is 5.69 Å². The molecule has 1 atom stereocenters. The van der Waals surface area contributed by atoms with Gasteiger partial charge in [0.1, 0.15) is 6.10 Å². The normalized spacial score (nSPS) is 11.4. The van der Waals surface area contributed by atoms with Crippen LogP contribution < -0.4 is 16.4 Å². The Morgan fingerprint density at radius 3 is 2.34 bits per heavy atom. The quantitative estimate of drug-likeness (QED) is 0.261.